The van der Waals surface area contributed by atoms with Crippen molar-refractivity contribution in [2.75, 3.05) is 0 Å². The van der Waals surface area contributed by atoms with Gasteiger partial charge < -0.3 is 10.8 Å². The maximum Gasteiger partial charge on any atom is 0.320 e. The predicted octanol–water partition coefficient (Wildman–Crippen LogP) is -0.0430. The highest BCUT2D eigenvalue weighted by Gasteiger charge is 2.31. The highest BCUT2D eigenvalue weighted by molar-refractivity contribution is 5.93. The zero-order valence-electron chi connectivity index (χ0n) is 7.07. The van der Waals surface area contributed by atoms with Crippen LogP contribution in [0.3, 0.4) is 0 Å². The van der Waals surface area contributed by atoms with Crippen molar-refractivity contribution in [3.8, 4) is 0 Å². The second-order valence-electron chi connectivity index (χ2n) is 3.15. The van der Waals surface area contributed by atoms with Gasteiger partial charge in [-0.2, -0.15) is 4.39 Å². The Kier molecular flexibility index (Phi) is 2.42. The molecule has 0 bridgehead atoms. The largest absolute Gasteiger partial charge is 0.480 e. The van der Waals surface area contributed by atoms with Crippen LogP contribution in [0.2, 0.25) is 0 Å². The molecule has 72 valence electrons. The number of aliphatic imine (C=N–C) groups is 2. The summed E-state index contributed by atoms with van der Waals surface area (Å²) in [5.74, 6) is -1.13. The monoisotopic (exact) mass is 187 g/mol. The van der Waals surface area contributed by atoms with E-state index in [9.17, 15) is 9.18 Å². The van der Waals surface area contributed by atoms with Gasteiger partial charge in [0.25, 0.3) is 0 Å². The second kappa shape index (κ2) is 3.21. The first kappa shape index (κ1) is 9.79. The molecule has 0 saturated heterocycles. The van der Waals surface area contributed by atoms with Gasteiger partial charge in [0.05, 0.1) is 5.54 Å². The average molecular weight is 187 g/mol. The molecule has 0 aromatic carbocycles. The van der Waals surface area contributed by atoms with Crippen molar-refractivity contribution < 1.29 is 14.3 Å². The van der Waals surface area contributed by atoms with Crippen LogP contribution in [0.5, 0.6) is 0 Å². The topological polar surface area (TPSA) is 88.0 Å². The minimum atomic E-state index is -1.13. The van der Waals surface area contributed by atoms with E-state index in [1.54, 1.807) is 6.92 Å². The summed E-state index contributed by atoms with van der Waals surface area (Å²) in [6, 6.07) is -1.05. The molecule has 0 spiro atoms. The van der Waals surface area contributed by atoms with Crippen LogP contribution in [-0.2, 0) is 4.79 Å². The molecule has 1 heterocycles. The number of amidine groups is 1. The van der Waals surface area contributed by atoms with Crippen LogP contribution in [0, 0.1) is 0 Å². The third-order valence-electron chi connectivity index (χ3n) is 1.75. The Morgan fingerprint density at radius 3 is 2.92 bits per heavy atom. The zero-order chi connectivity index (χ0) is 10.1. The first-order chi connectivity index (χ1) is 5.93. The molecule has 5 nitrogen and oxygen atoms in total. The maximum absolute atomic E-state index is 12.4. The molecule has 13 heavy (non-hydrogen) atoms. The van der Waals surface area contributed by atoms with Gasteiger partial charge in [-0.05, 0) is 6.92 Å². The van der Waals surface area contributed by atoms with Gasteiger partial charge in [0, 0.05) is 12.6 Å². The van der Waals surface area contributed by atoms with E-state index in [1.165, 1.54) is 6.21 Å². The van der Waals surface area contributed by atoms with Gasteiger partial charge in [-0.15, -0.1) is 0 Å². The van der Waals surface area contributed by atoms with Crippen molar-refractivity contribution in [2.45, 2.75) is 24.9 Å². The van der Waals surface area contributed by atoms with Crippen LogP contribution in [0.1, 0.15) is 13.3 Å². The Morgan fingerprint density at radius 1 is 1.92 bits per heavy atom. The molecule has 0 aliphatic carbocycles. The van der Waals surface area contributed by atoms with Crippen LogP contribution in [0.4, 0.5) is 4.39 Å². The molecule has 2 atom stereocenters. The summed E-state index contributed by atoms with van der Waals surface area (Å²) in [5, 5.41) is 8.51. The van der Waals surface area contributed by atoms with Crippen LogP contribution in [0.25, 0.3) is 0 Å². The molecule has 0 saturated carbocycles. The zero-order valence-corrected chi connectivity index (χ0v) is 7.07. The molecule has 0 radical (unpaired) electrons. The number of rotatable bonds is 3. The Bertz CT molecular complexity index is 289. The quantitative estimate of drug-likeness (QED) is 0.607. The van der Waals surface area contributed by atoms with Crippen molar-refractivity contribution in [3.63, 3.8) is 0 Å². The molecule has 0 fully saturated rings. The number of carboxylic acids is 1. The van der Waals surface area contributed by atoms with E-state index >= 15 is 0 Å². The number of carbonyl (C=O) groups is 1. The average Bonchev–Trinajstić information content (AvgIpc) is 2.30. The van der Waals surface area contributed by atoms with Gasteiger partial charge in [-0.25, -0.2) is 9.98 Å². The third-order valence-corrected chi connectivity index (χ3v) is 1.75. The first-order valence-corrected chi connectivity index (χ1v) is 3.72. The van der Waals surface area contributed by atoms with E-state index in [0.717, 1.165) is 0 Å². The number of carboxylic acid groups (broad SMARTS) is 1. The van der Waals surface area contributed by atoms with Crippen molar-refractivity contribution in [3.05, 3.63) is 0 Å². The second-order valence-corrected chi connectivity index (χ2v) is 3.15. The van der Waals surface area contributed by atoms with Crippen LogP contribution in [0.15, 0.2) is 9.98 Å². The lowest BCUT2D eigenvalue weighted by atomic mass is 9.96. The number of nitrogens with two attached hydrogens (primary N) is 1. The first-order valence-electron chi connectivity index (χ1n) is 3.72. The highest BCUT2D eigenvalue weighted by atomic mass is 19.1. The Balaban J connectivity index is 2.65. The van der Waals surface area contributed by atoms with Gasteiger partial charge in [0.1, 0.15) is 6.04 Å². The fourth-order valence-corrected chi connectivity index (χ4v) is 1.09. The summed E-state index contributed by atoms with van der Waals surface area (Å²) >= 11 is 0. The Morgan fingerprint density at radius 2 is 2.54 bits per heavy atom. The van der Waals surface area contributed by atoms with Gasteiger partial charge in [0.15, 0.2) is 0 Å². The van der Waals surface area contributed by atoms with E-state index in [4.69, 9.17) is 10.8 Å². The molecule has 0 aromatic heterocycles. The maximum atomic E-state index is 12.4. The summed E-state index contributed by atoms with van der Waals surface area (Å²) in [6.45, 7) is 1.58. The normalized spacial score (nSPS) is 28.7. The van der Waals surface area contributed by atoms with Crippen molar-refractivity contribution in [1.82, 2.24) is 0 Å². The molecular weight excluding hydrogens is 177 g/mol. The minimum absolute atomic E-state index is 0.0409. The van der Waals surface area contributed by atoms with Crippen LogP contribution >= 0.6 is 0 Å². The molecule has 3 N–H and O–H groups in total. The van der Waals surface area contributed by atoms with E-state index in [-0.39, 0.29) is 6.42 Å². The van der Waals surface area contributed by atoms with Crippen molar-refractivity contribution in [1.29, 1.82) is 0 Å². The smallest absolute Gasteiger partial charge is 0.320 e. The van der Waals surface area contributed by atoms with E-state index < -0.39 is 23.6 Å². The summed E-state index contributed by atoms with van der Waals surface area (Å²) in [7, 11) is 0. The number of hydrogen-bond acceptors (Lipinski definition) is 4. The fourth-order valence-electron chi connectivity index (χ4n) is 1.09. The van der Waals surface area contributed by atoms with Crippen molar-refractivity contribution in [2.24, 2.45) is 15.7 Å². The molecule has 0 aromatic rings. The number of hydrogen-bond donors (Lipinski definition) is 2. The lowest BCUT2D eigenvalue weighted by Crippen LogP contribution is -2.38. The molecule has 6 heteroatoms. The molecule has 0 amide bonds. The van der Waals surface area contributed by atoms with Crippen molar-refractivity contribution >= 4 is 18.3 Å². The molecule has 1 rings (SSSR count). The predicted molar refractivity (Wildman–Crippen MR) is 45.7 cm³/mol. The Labute approximate surface area is 74.2 Å². The lowest BCUT2D eigenvalue weighted by Gasteiger charge is -2.18. The molecule has 1 unspecified atom stereocenters. The summed E-state index contributed by atoms with van der Waals surface area (Å²) < 4.78 is 12.4. The van der Waals surface area contributed by atoms with E-state index in [1.807, 2.05) is 0 Å². The van der Waals surface area contributed by atoms with Crippen LogP contribution in [-0.4, -0.2) is 35.0 Å². The number of aliphatic carboxylic acids is 1. The standard InChI is InChI=1S/C7H10FN3O2/c1-7(2-4(9)5(12)13)3-10-6(8)11-7/h3-4H,2,9H2,1H3,(H,12,13)/t4-,7?/m0/s1. The fraction of sp³-hybridized carbons (Fsp3) is 0.571. The van der Waals surface area contributed by atoms with E-state index in [0.29, 0.717) is 0 Å². The number of halogens is 1. The molecule has 1 aliphatic rings. The Hall–Kier alpha value is -1.30. The van der Waals surface area contributed by atoms with E-state index in [2.05, 4.69) is 9.98 Å². The minimum Gasteiger partial charge on any atom is -0.480 e. The van der Waals surface area contributed by atoms with Gasteiger partial charge in [-0.1, -0.05) is 0 Å². The highest BCUT2D eigenvalue weighted by Crippen LogP contribution is 2.19. The van der Waals surface area contributed by atoms with Crippen LogP contribution < -0.4 is 5.73 Å². The summed E-state index contributed by atoms with van der Waals surface area (Å²) in [6.07, 6.45) is 0.477. The third kappa shape index (κ3) is 2.32. The molecule has 1 aliphatic heterocycles. The summed E-state index contributed by atoms with van der Waals surface area (Å²) in [4.78, 5) is 17.2. The molecular formula is C7H10FN3O2. The van der Waals surface area contributed by atoms with Gasteiger partial charge in [0.2, 0.25) is 0 Å². The lowest BCUT2D eigenvalue weighted by molar-refractivity contribution is -0.138. The SMILES string of the molecule is CC1(C[C@H](N)C(=O)O)C=NC(F)=N1. The van der Waals surface area contributed by atoms with Gasteiger partial charge >= 0.3 is 12.1 Å². The van der Waals surface area contributed by atoms with Gasteiger partial charge in [-0.3, -0.25) is 4.79 Å². The summed E-state index contributed by atoms with van der Waals surface area (Å²) in [5.41, 5.74) is 4.36. The number of nitrogens with zero attached hydrogens (tertiary/aromatic N) is 2.